The maximum absolute atomic E-state index is 12.5. The number of methoxy groups -OCH3 is 1. The average molecular weight is 490 g/mol. The minimum atomic E-state index is -0.683. The molecule has 0 spiro atoms. The molecule has 2 amide bonds. The largest absolute Gasteiger partial charge is 0.486 e. The van der Waals surface area contributed by atoms with Crippen molar-refractivity contribution in [1.29, 1.82) is 0 Å². The van der Waals surface area contributed by atoms with Gasteiger partial charge >= 0.3 is 5.97 Å². The summed E-state index contributed by atoms with van der Waals surface area (Å²) in [7, 11) is 3.00. The number of hydrogen-bond donors (Lipinski definition) is 2. The number of carbonyl (C=O) groups is 3. The van der Waals surface area contributed by atoms with Crippen molar-refractivity contribution < 1.29 is 23.9 Å². The quantitative estimate of drug-likeness (QED) is 0.346. The van der Waals surface area contributed by atoms with Crippen LogP contribution in [0.15, 0.2) is 29.4 Å². The molecule has 10 nitrogen and oxygen atoms in total. The van der Waals surface area contributed by atoms with E-state index in [4.69, 9.17) is 15.2 Å². The molecular formula is C21H23N5O5S2. The zero-order valence-electron chi connectivity index (χ0n) is 18.5. The van der Waals surface area contributed by atoms with E-state index < -0.39 is 11.9 Å². The highest BCUT2D eigenvalue weighted by Gasteiger charge is 2.25. The third-order valence-corrected chi connectivity index (χ3v) is 6.90. The summed E-state index contributed by atoms with van der Waals surface area (Å²) in [5.41, 5.74) is 6.99. The van der Waals surface area contributed by atoms with Crippen molar-refractivity contribution in [1.82, 2.24) is 14.8 Å². The molecule has 2 aromatic heterocycles. The van der Waals surface area contributed by atoms with Crippen molar-refractivity contribution in [3.8, 4) is 5.75 Å². The Labute approximate surface area is 198 Å². The number of nitrogens with one attached hydrogen (secondary N) is 1. The first-order valence-corrected chi connectivity index (χ1v) is 11.5. The van der Waals surface area contributed by atoms with Crippen molar-refractivity contribution in [2.75, 3.05) is 18.2 Å². The number of aromatic nitrogens is 3. The molecule has 0 aliphatic heterocycles. The number of hydrogen-bond acceptors (Lipinski definition) is 9. The number of aryl methyl sites for hydroxylation is 1. The van der Waals surface area contributed by atoms with E-state index in [2.05, 4.69) is 15.5 Å². The number of ether oxygens (including phenoxy) is 2. The molecule has 0 bridgehead atoms. The first-order chi connectivity index (χ1) is 15.7. The normalized spacial score (nSPS) is 10.7. The molecule has 0 aliphatic rings. The van der Waals surface area contributed by atoms with Crippen LogP contribution >= 0.6 is 23.1 Å². The molecule has 0 saturated carbocycles. The summed E-state index contributed by atoms with van der Waals surface area (Å²) in [5, 5.41) is 11.6. The third-order valence-electron chi connectivity index (χ3n) is 4.66. The Morgan fingerprint density at radius 2 is 1.88 bits per heavy atom. The number of amides is 2. The molecule has 2 heterocycles. The summed E-state index contributed by atoms with van der Waals surface area (Å²) in [4.78, 5) is 36.5. The fourth-order valence-corrected chi connectivity index (χ4v) is 4.65. The van der Waals surface area contributed by atoms with Gasteiger partial charge in [0.15, 0.2) is 11.0 Å². The zero-order chi connectivity index (χ0) is 24.1. The fourth-order valence-electron chi connectivity index (χ4n) is 2.86. The lowest BCUT2D eigenvalue weighted by Crippen LogP contribution is -2.16. The number of thiophene rings is 1. The molecule has 0 unspecified atom stereocenters. The second-order valence-corrected chi connectivity index (χ2v) is 8.98. The van der Waals surface area contributed by atoms with E-state index >= 15 is 0 Å². The molecule has 3 aromatic rings. The standard InChI is InChI=1S/C21H23N5O5S2/c1-11-5-7-13(8-6-11)31-9-14-24-25-21(26(14)3)32-10-15(27)23-19-16(20(29)30-4)12(2)17(33-19)18(22)28/h5-8H,9-10H2,1-4H3,(H2,22,28)(H,23,27). The number of carbonyl (C=O) groups excluding carboxylic acids is 3. The monoisotopic (exact) mass is 489 g/mol. The molecule has 3 rings (SSSR count). The minimum absolute atomic E-state index is 0.00819. The van der Waals surface area contributed by atoms with Gasteiger partial charge in [-0.05, 0) is 31.5 Å². The number of thioether (sulfide) groups is 1. The summed E-state index contributed by atoms with van der Waals surface area (Å²) in [6.07, 6.45) is 0. The highest BCUT2D eigenvalue weighted by Crippen LogP contribution is 2.33. The van der Waals surface area contributed by atoms with E-state index in [1.807, 2.05) is 31.2 Å². The van der Waals surface area contributed by atoms with Crippen LogP contribution in [0.4, 0.5) is 5.00 Å². The van der Waals surface area contributed by atoms with Crippen molar-refractivity contribution >= 4 is 45.9 Å². The van der Waals surface area contributed by atoms with Gasteiger partial charge in [0.1, 0.15) is 17.4 Å². The van der Waals surface area contributed by atoms with Gasteiger partial charge in [-0.15, -0.1) is 21.5 Å². The number of anilines is 1. The van der Waals surface area contributed by atoms with Crippen LogP contribution in [-0.4, -0.2) is 45.4 Å². The lowest BCUT2D eigenvalue weighted by Gasteiger charge is -2.07. The fraction of sp³-hybridized carbons (Fsp3) is 0.286. The van der Waals surface area contributed by atoms with Gasteiger partial charge in [0, 0.05) is 7.05 Å². The van der Waals surface area contributed by atoms with Crippen molar-refractivity contribution in [2.24, 2.45) is 12.8 Å². The molecule has 12 heteroatoms. The number of esters is 1. The molecule has 0 aliphatic carbocycles. The Morgan fingerprint density at radius 3 is 2.52 bits per heavy atom. The van der Waals surface area contributed by atoms with Crippen LogP contribution in [0.3, 0.4) is 0 Å². The van der Waals surface area contributed by atoms with E-state index in [1.54, 1.807) is 18.5 Å². The lowest BCUT2D eigenvalue weighted by atomic mass is 10.1. The van der Waals surface area contributed by atoms with Gasteiger partial charge in [-0.2, -0.15) is 0 Å². The third kappa shape index (κ3) is 5.71. The molecule has 0 atom stereocenters. The predicted octanol–water partition coefficient (Wildman–Crippen LogP) is 2.69. The van der Waals surface area contributed by atoms with Crippen molar-refractivity contribution in [3.05, 3.63) is 51.7 Å². The summed E-state index contributed by atoms with van der Waals surface area (Å²) < 4.78 is 12.2. The summed E-state index contributed by atoms with van der Waals surface area (Å²) in [5.74, 6) is -0.397. The molecule has 174 valence electrons. The van der Waals surface area contributed by atoms with Crippen LogP contribution in [0.1, 0.15) is 37.0 Å². The molecule has 33 heavy (non-hydrogen) atoms. The van der Waals surface area contributed by atoms with Gasteiger partial charge in [0.05, 0.1) is 23.3 Å². The Balaban J connectivity index is 1.62. The molecule has 1 aromatic carbocycles. The Morgan fingerprint density at radius 1 is 1.18 bits per heavy atom. The van der Waals surface area contributed by atoms with E-state index in [1.165, 1.54) is 18.9 Å². The van der Waals surface area contributed by atoms with Gasteiger partial charge in [0.25, 0.3) is 5.91 Å². The van der Waals surface area contributed by atoms with E-state index in [9.17, 15) is 14.4 Å². The van der Waals surface area contributed by atoms with Crippen molar-refractivity contribution in [3.63, 3.8) is 0 Å². The highest BCUT2D eigenvalue weighted by atomic mass is 32.2. The molecule has 3 N–H and O–H groups in total. The Bertz CT molecular complexity index is 1190. The zero-order valence-corrected chi connectivity index (χ0v) is 20.1. The molecule has 0 fully saturated rings. The number of rotatable bonds is 9. The first kappa shape index (κ1) is 24.3. The van der Waals surface area contributed by atoms with Crippen LogP contribution in [0, 0.1) is 13.8 Å². The lowest BCUT2D eigenvalue weighted by molar-refractivity contribution is -0.113. The topological polar surface area (TPSA) is 138 Å². The number of primary amides is 1. The number of nitrogens with zero attached hydrogens (tertiary/aromatic N) is 3. The predicted molar refractivity (Wildman–Crippen MR) is 125 cm³/mol. The van der Waals surface area contributed by atoms with Crippen LogP contribution in [0.25, 0.3) is 0 Å². The van der Waals surface area contributed by atoms with Gasteiger partial charge in [-0.3, -0.25) is 9.59 Å². The Hall–Kier alpha value is -3.38. The van der Waals surface area contributed by atoms with Gasteiger partial charge in [0.2, 0.25) is 5.91 Å². The minimum Gasteiger partial charge on any atom is -0.486 e. The van der Waals surface area contributed by atoms with Crippen LogP contribution in [0.2, 0.25) is 0 Å². The van der Waals surface area contributed by atoms with E-state index in [0.717, 1.165) is 22.6 Å². The molecule has 0 saturated heterocycles. The SMILES string of the molecule is COC(=O)c1c(NC(=O)CSc2nnc(COc3ccc(C)cc3)n2C)sc(C(N)=O)c1C. The molecule has 0 radical (unpaired) electrons. The van der Waals surface area contributed by atoms with Gasteiger partial charge in [-0.1, -0.05) is 29.5 Å². The second kappa shape index (κ2) is 10.5. The molecular weight excluding hydrogens is 466 g/mol. The number of benzene rings is 1. The van der Waals surface area contributed by atoms with Crippen LogP contribution in [-0.2, 0) is 23.2 Å². The smallest absolute Gasteiger partial charge is 0.341 e. The van der Waals surface area contributed by atoms with Crippen LogP contribution in [0.5, 0.6) is 5.75 Å². The summed E-state index contributed by atoms with van der Waals surface area (Å²) in [6.45, 7) is 3.80. The van der Waals surface area contributed by atoms with E-state index in [0.29, 0.717) is 16.5 Å². The second-order valence-electron chi connectivity index (χ2n) is 7.01. The van der Waals surface area contributed by atoms with Crippen LogP contribution < -0.4 is 15.8 Å². The van der Waals surface area contributed by atoms with Gasteiger partial charge in [-0.25, -0.2) is 4.79 Å². The maximum atomic E-state index is 12.5. The van der Waals surface area contributed by atoms with E-state index in [-0.39, 0.29) is 33.7 Å². The van der Waals surface area contributed by atoms with Gasteiger partial charge < -0.3 is 25.1 Å². The number of nitrogens with two attached hydrogens (primary N) is 1. The highest BCUT2D eigenvalue weighted by molar-refractivity contribution is 7.99. The summed E-state index contributed by atoms with van der Waals surface area (Å²) in [6, 6.07) is 7.67. The maximum Gasteiger partial charge on any atom is 0.341 e. The summed E-state index contributed by atoms with van der Waals surface area (Å²) >= 11 is 2.11. The first-order valence-electron chi connectivity index (χ1n) is 9.73. The van der Waals surface area contributed by atoms with Crippen molar-refractivity contribution in [2.45, 2.75) is 25.6 Å². The Kier molecular flexibility index (Phi) is 7.71. The average Bonchev–Trinajstić information content (AvgIpc) is 3.30.